The summed E-state index contributed by atoms with van der Waals surface area (Å²) in [6, 6.07) is 2.28. The smallest absolute Gasteiger partial charge is 0.0601 e. The Kier molecular flexibility index (Phi) is 4.22. The third kappa shape index (κ3) is 2.73. The van der Waals surface area contributed by atoms with Crippen molar-refractivity contribution in [2.75, 3.05) is 13.7 Å². The van der Waals surface area contributed by atoms with E-state index in [1.807, 2.05) is 7.11 Å². The summed E-state index contributed by atoms with van der Waals surface area (Å²) in [6.07, 6.45) is 11.4. The first kappa shape index (κ1) is 12.9. The predicted octanol–water partition coefficient (Wildman–Crippen LogP) is 2.06. The largest absolute Gasteiger partial charge is 0.381 e. The molecule has 3 aliphatic rings. The molecular formula is C15H28N2O. The van der Waals surface area contributed by atoms with Gasteiger partial charge >= 0.3 is 0 Å². The normalized spacial score (nSPS) is 44.8. The van der Waals surface area contributed by atoms with Gasteiger partial charge in [0, 0.05) is 25.2 Å². The van der Waals surface area contributed by atoms with Crippen LogP contribution >= 0.6 is 0 Å². The van der Waals surface area contributed by atoms with Crippen molar-refractivity contribution in [2.45, 2.75) is 75.6 Å². The first-order valence-corrected chi connectivity index (χ1v) is 7.89. The first-order chi connectivity index (χ1) is 8.86. The van der Waals surface area contributed by atoms with Crippen molar-refractivity contribution in [3.8, 4) is 0 Å². The summed E-state index contributed by atoms with van der Waals surface area (Å²) in [7, 11) is 1.84. The SMILES string of the molecule is COC1CC(NC2CCCC2C2CCCCN2)C1. The highest BCUT2D eigenvalue weighted by molar-refractivity contribution is 4.96. The summed E-state index contributed by atoms with van der Waals surface area (Å²) in [5.41, 5.74) is 0. The highest BCUT2D eigenvalue weighted by atomic mass is 16.5. The molecule has 3 fully saturated rings. The second kappa shape index (κ2) is 5.89. The Bertz CT molecular complexity index is 259. The summed E-state index contributed by atoms with van der Waals surface area (Å²) in [5, 5.41) is 7.66. The number of nitrogens with one attached hydrogen (secondary N) is 2. The fraction of sp³-hybridized carbons (Fsp3) is 1.00. The fourth-order valence-corrected chi connectivity index (χ4v) is 4.12. The van der Waals surface area contributed by atoms with Gasteiger partial charge in [-0.1, -0.05) is 12.8 Å². The molecular weight excluding hydrogens is 224 g/mol. The van der Waals surface area contributed by atoms with Crippen molar-refractivity contribution >= 4 is 0 Å². The summed E-state index contributed by atoms with van der Waals surface area (Å²) in [6.45, 7) is 1.24. The Balaban J connectivity index is 1.48. The zero-order valence-corrected chi connectivity index (χ0v) is 11.7. The van der Waals surface area contributed by atoms with Crippen LogP contribution in [0, 0.1) is 5.92 Å². The molecule has 3 nitrogen and oxygen atoms in total. The molecule has 0 bridgehead atoms. The maximum absolute atomic E-state index is 5.37. The van der Waals surface area contributed by atoms with E-state index in [0.29, 0.717) is 6.10 Å². The van der Waals surface area contributed by atoms with E-state index in [1.54, 1.807) is 0 Å². The van der Waals surface area contributed by atoms with E-state index in [9.17, 15) is 0 Å². The van der Waals surface area contributed by atoms with Crippen LogP contribution in [0.1, 0.15) is 51.4 Å². The Labute approximate surface area is 111 Å². The zero-order chi connectivity index (χ0) is 12.4. The van der Waals surface area contributed by atoms with Gasteiger partial charge < -0.3 is 15.4 Å². The average Bonchev–Trinajstić information content (AvgIpc) is 2.82. The van der Waals surface area contributed by atoms with E-state index in [4.69, 9.17) is 4.74 Å². The first-order valence-electron chi connectivity index (χ1n) is 7.89. The van der Waals surface area contributed by atoms with Gasteiger partial charge in [0.15, 0.2) is 0 Å². The highest BCUT2D eigenvalue weighted by Gasteiger charge is 2.38. The van der Waals surface area contributed by atoms with Crippen LogP contribution < -0.4 is 10.6 Å². The minimum Gasteiger partial charge on any atom is -0.381 e. The number of rotatable bonds is 4. The van der Waals surface area contributed by atoms with Crippen LogP contribution in [0.4, 0.5) is 0 Å². The van der Waals surface area contributed by atoms with E-state index >= 15 is 0 Å². The van der Waals surface area contributed by atoms with E-state index in [-0.39, 0.29) is 0 Å². The molecule has 0 aromatic heterocycles. The number of piperidine rings is 1. The van der Waals surface area contributed by atoms with Gasteiger partial charge in [-0.2, -0.15) is 0 Å². The van der Waals surface area contributed by atoms with Crippen LogP contribution in [0.15, 0.2) is 0 Å². The Morgan fingerprint density at radius 1 is 1.06 bits per heavy atom. The van der Waals surface area contributed by atoms with Crippen molar-refractivity contribution in [1.82, 2.24) is 10.6 Å². The lowest BCUT2D eigenvalue weighted by Gasteiger charge is -2.40. The van der Waals surface area contributed by atoms with E-state index in [0.717, 1.165) is 24.0 Å². The molecule has 0 aromatic carbocycles. The predicted molar refractivity (Wildman–Crippen MR) is 73.7 cm³/mol. The van der Waals surface area contributed by atoms with Crippen LogP contribution in [0.2, 0.25) is 0 Å². The molecule has 2 N–H and O–H groups in total. The molecule has 3 heteroatoms. The minimum atomic E-state index is 0.523. The van der Waals surface area contributed by atoms with Gasteiger partial charge in [0.05, 0.1) is 6.10 Å². The van der Waals surface area contributed by atoms with Gasteiger partial charge in [0.2, 0.25) is 0 Å². The van der Waals surface area contributed by atoms with E-state index < -0.39 is 0 Å². The van der Waals surface area contributed by atoms with Gasteiger partial charge in [-0.15, -0.1) is 0 Å². The maximum atomic E-state index is 5.37. The third-order valence-corrected chi connectivity index (χ3v) is 5.31. The van der Waals surface area contributed by atoms with E-state index in [1.165, 1.54) is 57.9 Å². The molecule has 0 radical (unpaired) electrons. The standard InChI is InChI=1S/C15H28N2O/c1-18-12-9-11(10-12)17-15-7-4-5-13(15)14-6-2-3-8-16-14/h11-17H,2-10H2,1H3. The quantitative estimate of drug-likeness (QED) is 0.803. The number of ether oxygens (including phenoxy) is 1. The summed E-state index contributed by atoms with van der Waals surface area (Å²) in [5.74, 6) is 0.881. The monoisotopic (exact) mass is 252 g/mol. The molecule has 104 valence electrons. The molecule has 1 aliphatic heterocycles. The summed E-state index contributed by atoms with van der Waals surface area (Å²) < 4.78 is 5.37. The summed E-state index contributed by atoms with van der Waals surface area (Å²) in [4.78, 5) is 0. The number of hydrogen-bond donors (Lipinski definition) is 2. The van der Waals surface area contributed by atoms with E-state index in [2.05, 4.69) is 10.6 Å². The van der Waals surface area contributed by atoms with Crippen molar-refractivity contribution in [3.63, 3.8) is 0 Å². The average molecular weight is 252 g/mol. The fourth-order valence-electron chi connectivity index (χ4n) is 4.12. The lowest BCUT2D eigenvalue weighted by molar-refractivity contribution is 0.0119. The Hall–Kier alpha value is -0.120. The third-order valence-electron chi connectivity index (χ3n) is 5.31. The highest BCUT2D eigenvalue weighted by Crippen LogP contribution is 2.34. The molecule has 1 heterocycles. The van der Waals surface area contributed by atoms with Gasteiger partial charge in [-0.25, -0.2) is 0 Å². The lowest BCUT2D eigenvalue weighted by atomic mass is 9.84. The Morgan fingerprint density at radius 2 is 1.94 bits per heavy atom. The van der Waals surface area contributed by atoms with Crippen LogP contribution in [-0.2, 0) is 4.74 Å². The lowest BCUT2D eigenvalue weighted by Crippen LogP contribution is -2.53. The van der Waals surface area contributed by atoms with Crippen molar-refractivity contribution in [1.29, 1.82) is 0 Å². The number of hydrogen-bond acceptors (Lipinski definition) is 3. The second-order valence-corrected chi connectivity index (χ2v) is 6.45. The second-order valence-electron chi connectivity index (χ2n) is 6.45. The molecule has 0 spiro atoms. The van der Waals surface area contributed by atoms with Crippen LogP contribution in [0.5, 0.6) is 0 Å². The molecule has 2 aliphatic carbocycles. The van der Waals surface area contributed by atoms with Gasteiger partial charge in [-0.3, -0.25) is 0 Å². The maximum Gasteiger partial charge on any atom is 0.0601 e. The molecule has 0 amide bonds. The Morgan fingerprint density at radius 3 is 2.67 bits per heavy atom. The van der Waals surface area contributed by atoms with Crippen molar-refractivity contribution in [3.05, 3.63) is 0 Å². The van der Waals surface area contributed by atoms with Crippen LogP contribution in [0.3, 0.4) is 0 Å². The van der Waals surface area contributed by atoms with Gasteiger partial charge in [-0.05, 0) is 51.0 Å². The minimum absolute atomic E-state index is 0.523. The van der Waals surface area contributed by atoms with Crippen LogP contribution in [0.25, 0.3) is 0 Å². The molecule has 1 saturated heterocycles. The van der Waals surface area contributed by atoms with Gasteiger partial charge in [0.25, 0.3) is 0 Å². The van der Waals surface area contributed by atoms with Crippen molar-refractivity contribution < 1.29 is 4.74 Å². The zero-order valence-electron chi connectivity index (χ0n) is 11.7. The molecule has 3 unspecified atom stereocenters. The van der Waals surface area contributed by atoms with Crippen molar-refractivity contribution in [2.24, 2.45) is 5.92 Å². The molecule has 2 saturated carbocycles. The molecule has 0 aromatic rings. The molecule has 3 atom stereocenters. The molecule has 3 rings (SSSR count). The van der Waals surface area contributed by atoms with Crippen LogP contribution in [-0.4, -0.2) is 37.9 Å². The van der Waals surface area contributed by atoms with Gasteiger partial charge in [0.1, 0.15) is 0 Å². The topological polar surface area (TPSA) is 33.3 Å². The molecule has 18 heavy (non-hydrogen) atoms. The number of methoxy groups -OCH3 is 1. The summed E-state index contributed by atoms with van der Waals surface area (Å²) >= 11 is 0.